The Hall–Kier alpha value is -1.88. The summed E-state index contributed by atoms with van der Waals surface area (Å²) in [5.74, 6) is -0.243. The van der Waals surface area contributed by atoms with Crippen LogP contribution in [0, 0.1) is 0 Å². The van der Waals surface area contributed by atoms with Gasteiger partial charge in [0, 0.05) is 24.2 Å². The first-order valence-electron chi connectivity index (χ1n) is 7.34. The van der Waals surface area contributed by atoms with Crippen LogP contribution in [0.3, 0.4) is 0 Å². The van der Waals surface area contributed by atoms with Gasteiger partial charge in [0.15, 0.2) is 0 Å². The van der Waals surface area contributed by atoms with Crippen LogP contribution in [0.2, 0.25) is 0 Å². The van der Waals surface area contributed by atoms with Gasteiger partial charge in [0.2, 0.25) is 5.91 Å². The topological polar surface area (TPSA) is 61.4 Å². The van der Waals surface area contributed by atoms with Gasteiger partial charge >= 0.3 is 0 Å². The lowest BCUT2D eigenvalue weighted by atomic mass is 10.1. The number of hydrogen-bond donors (Lipinski definition) is 2. The number of nitrogens with one attached hydrogen (secondary N) is 2. The van der Waals surface area contributed by atoms with Crippen molar-refractivity contribution in [2.45, 2.75) is 25.8 Å². The lowest BCUT2D eigenvalue weighted by molar-refractivity contribution is -0.130. The van der Waals surface area contributed by atoms with Gasteiger partial charge in [-0.2, -0.15) is 0 Å². The molecular formula is C16H23N3O2. The monoisotopic (exact) mass is 289 g/mol. The largest absolute Gasteiger partial charge is 0.343 e. The third kappa shape index (κ3) is 4.56. The number of nitrogens with zero attached hydrogens (tertiary/aromatic N) is 1. The second-order valence-electron chi connectivity index (χ2n) is 6.03. The van der Waals surface area contributed by atoms with Crippen LogP contribution in [-0.4, -0.2) is 48.4 Å². The van der Waals surface area contributed by atoms with Crippen molar-refractivity contribution in [3.63, 3.8) is 0 Å². The minimum absolute atomic E-state index is 0.0314. The highest BCUT2D eigenvalue weighted by molar-refractivity contribution is 5.96. The summed E-state index contributed by atoms with van der Waals surface area (Å²) in [5, 5.41) is 6.11. The maximum atomic E-state index is 12.3. The van der Waals surface area contributed by atoms with E-state index in [2.05, 4.69) is 24.5 Å². The Kier molecular flexibility index (Phi) is 4.96. The second-order valence-corrected chi connectivity index (χ2v) is 6.03. The molecule has 5 heteroatoms. The van der Waals surface area contributed by atoms with Crippen molar-refractivity contribution in [2.75, 3.05) is 26.2 Å². The van der Waals surface area contributed by atoms with Crippen molar-refractivity contribution >= 4 is 11.8 Å². The molecule has 114 valence electrons. The molecule has 2 amide bonds. The molecule has 1 aromatic rings. The van der Waals surface area contributed by atoms with Gasteiger partial charge in [0.1, 0.15) is 0 Å². The van der Waals surface area contributed by atoms with Gasteiger partial charge < -0.3 is 15.5 Å². The zero-order valence-electron chi connectivity index (χ0n) is 12.7. The van der Waals surface area contributed by atoms with E-state index in [9.17, 15) is 9.59 Å². The molecule has 0 unspecified atom stereocenters. The van der Waals surface area contributed by atoms with Gasteiger partial charge in [-0.25, -0.2) is 0 Å². The van der Waals surface area contributed by atoms with E-state index in [1.165, 1.54) is 0 Å². The van der Waals surface area contributed by atoms with Crippen LogP contribution in [0.5, 0.6) is 0 Å². The van der Waals surface area contributed by atoms with Crippen molar-refractivity contribution in [3.05, 3.63) is 35.9 Å². The molecule has 1 heterocycles. The van der Waals surface area contributed by atoms with E-state index in [4.69, 9.17) is 0 Å². The fraction of sp³-hybridized carbons (Fsp3) is 0.500. The van der Waals surface area contributed by atoms with E-state index >= 15 is 0 Å². The lowest BCUT2D eigenvalue weighted by Crippen LogP contribution is -2.49. The third-order valence-electron chi connectivity index (χ3n) is 3.58. The van der Waals surface area contributed by atoms with Gasteiger partial charge in [-0.15, -0.1) is 0 Å². The Balaban J connectivity index is 1.88. The van der Waals surface area contributed by atoms with Gasteiger partial charge in [0.05, 0.1) is 6.54 Å². The molecule has 21 heavy (non-hydrogen) atoms. The summed E-state index contributed by atoms with van der Waals surface area (Å²) in [6.45, 7) is 6.52. The average Bonchev–Trinajstić information content (AvgIpc) is 2.66. The summed E-state index contributed by atoms with van der Waals surface area (Å²) in [5.41, 5.74) is 0.485. The van der Waals surface area contributed by atoms with E-state index in [1.54, 1.807) is 24.3 Å². The van der Waals surface area contributed by atoms with Gasteiger partial charge in [-0.05, 0) is 38.9 Å². The summed E-state index contributed by atoms with van der Waals surface area (Å²) in [4.78, 5) is 26.0. The second kappa shape index (κ2) is 6.72. The smallest absolute Gasteiger partial charge is 0.251 e. The Bertz CT molecular complexity index is 500. The van der Waals surface area contributed by atoms with Crippen molar-refractivity contribution < 1.29 is 9.59 Å². The first kappa shape index (κ1) is 15.5. The summed E-state index contributed by atoms with van der Waals surface area (Å²) >= 11 is 0. The fourth-order valence-electron chi connectivity index (χ4n) is 2.48. The summed E-state index contributed by atoms with van der Waals surface area (Å²) in [6, 6.07) is 8.94. The molecule has 1 aromatic carbocycles. The van der Waals surface area contributed by atoms with Crippen LogP contribution in [0.4, 0.5) is 0 Å². The number of rotatable bonds is 3. The van der Waals surface area contributed by atoms with E-state index in [1.807, 2.05) is 11.0 Å². The van der Waals surface area contributed by atoms with E-state index in [-0.39, 0.29) is 23.9 Å². The molecule has 1 fully saturated rings. The molecule has 2 N–H and O–H groups in total. The van der Waals surface area contributed by atoms with Crippen LogP contribution in [0.25, 0.3) is 0 Å². The van der Waals surface area contributed by atoms with Crippen molar-refractivity contribution in [1.82, 2.24) is 15.5 Å². The average molecular weight is 289 g/mol. The molecule has 0 aliphatic carbocycles. The number of hydrogen-bond acceptors (Lipinski definition) is 3. The van der Waals surface area contributed by atoms with Crippen LogP contribution >= 0.6 is 0 Å². The molecule has 1 saturated heterocycles. The number of carbonyl (C=O) groups is 2. The van der Waals surface area contributed by atoms with Crippen molar-refractivity contribution in [1.29, 1.82) is 0 Å². The molecule has 0 bridgehead atoms. The van der Waals surface area contributed by atoms with E-state index in [0.717, 1.165) is 19.5 Å². The fourth-order valence-corrected chi connectivity index (χ4v) is 2.48. The number of carbonyl (C=O) groups excluding carboxylic acids is 2. The molecule has 0 aromatic heterocycles. The predicted molar refractivity (Wildman–Crippen MR) is 82.1 cm³/mol. The standard InChI is InChI=1S/C16H23N3O2/c1-16(2)12-19(10-6-9-18-16)14(20)11-17-15(21)13-7-4-3-5-8-13/h3-5,7-8,18H,6,9-12H2,1-2H3,(H,17,21). The van der Waals surface area contributed by atoms with E-state index in [0.29, 0.717) is 12.1 Å². The van der Waals surface area contributed by atoms with Gasteiger partial charge in [0.25, 0.3) is 5.91 Å². The zero-order chi connectivity index (χ0) is 15.3. The van der Waals surface area contributed by atoms with Crippen LogP contribution in [0.1, 0.15) is 30.6 Å². The Labute approximate surface area is 125 Å². The van der Waals surface area contributed by atoms with Gasteiger partial charge in [-0.1, -0.05) is 18.2 Å². The van der Waals surface area contributed by atoms with Crippen molar-refractivity contribution in [2.24, 2.45) is 0 Å². The van der Waals surface area contributed by atoms with Crippen molar-refractivity contribution in [3.8, 4) is 0 Å². The highest BCUT2D eigenvalue weighted by atomic mass is 16.2. The minimum atomic E-state index is -0.212. The van der Waals surface area contributed by atoms with Crippen LogP contribution in [0.15, 0.2) is 30.3 Å². The summed E-state index contributed by atoms with van der Waals surface area (Å²) < 4.78 is 0. The SMILES string of the molecule is CC1(C)CN(C(=O)CNC(=O)c2ccccc2)CCCN1. The highest BCUT2D eigenvalue weighted by Gasteiger charge is 2.26. The highest BCUT2D eigenvalue weighted by Crippen LogP contribution is 2.10. The normalized spacial score (nSPS) is 17.9. The van der Waals surface area contributed by atoms with Gasteiger partial charge in [-0.3, -0.25) is 9.59 Å². The maximum Gasteiger partial charge on any atom is 0.251 e. The molecule has 0 saturated carbocycles. The quantitative estimate of drug-likeness (QED) is 0.873. The summed E-state index contributed by atoms with van der Waals surface area (Å²) in [6.07, 6.45) is 0.932. The molecule has 5 nitrogen and oxygen atoms in total. The molecule has 1 aliphatic rings. The first-order chi connectivity index (χ1) is 9.98. The summed E-state index contributed by atoms with van der Waals surface area (Å²) in [7, 11) is 0. The molecular weight excluding hydrogens is 266 g/mol. The maximum absolute atomic E-state index is 12.3. The van der Waals surface area contributed by atoms with E-state index < -0.39 is 0 Å². The Morgan fingerprint density at radius 1 is 1.29 bits per heavy atom. The molecule has 2 rings (SSSR count). The molecule has 0 radical (unpaired) electrons. The third-order valence-corrected chi connectivity index (χ3v) is 3.58. The Morgan fingerprint density at radius 3 is 2.71 bits per heavy atom. The number of amides is 2. The lowest BCUT2D eigenvalue weighted by Gasteiger charge is -2.30. The minimum Gasteiger partial charge on any atom is -0.343 e. The predicted octanol–water partition coefficient (Wildman–Crippen LogP) is 1.02. The molecule has 0 spiro atoms. The number of benzene rings is 1. The van der Waals surface area contributed by atoms with Crippen LogP contribution in [-0.2, 0) is 4.79 Å². The van der Waals surface area contributed by atoms with Crippen LogP contribution < -0.4 is 10.6 Å². The Morgan fingerprint density at radius 2 is 2.00 bits per heavy atom. The zero-order valence-corrected chi connectivity index (χ0v) is 12.7. The molecule has 0 atom stereocenters. The molecule has 1 aliphatic heterocycles. The first-order valence-corrected chi connectivity index (χ1v) is 7.34.